The lowest BCUT2D eigenvalue weighted by Crippen LogP contribution is -2.19. The fourth-order valence-corrected chi connectivity index (χ4v) is 3.05. The van der Waals surface area contributed by atoms with Crippen molar-refractivity contribution in [1.29, 1.82) is 0 Å². The molecule has 116 valence electrons. The molecule has 0 saturated carbocycles. The maximum absolute atomic E-state index is 12.1. The van der Waals surface area contributed by atoms with Gasteiger partial charge in [0.25, 0.3) is 5.91 Å². The third-order valence-corrected chi connectivity index (χ3v) is 4.23. The number of halogens is 1. The zero-order valence-electron chi connectivity index (χ0n) is 12.2. The van der Waals surface area contributed by atoms with Crippen molar-refractivity contribution in [3.8, 4) is 5.75 Å². The Morgan fingerprint density at radius 2 is 2.04 bits per heavy atom. The number of carbonyl (C=O) groups is 1. The van der Waals surface area contributed by atoms with E-state index in [-0.39, 0.29) is 5.91 Å². The molecule has 2 aromatic carbocycles. The summed E-state index contributed by atoms with van der Waals surface area (Å²) < 4.78 is 5.18. The second kappa shape index (κ2) is 6.89. The van der Waals surface area contributed by atoms with Crippen LogP contribution in [-0.2, 0) is 4.79 Å². The maximum atomic E-state index is 12.1. The number of aliphatic imine (C=N–C) groups is 1. The number of hydrogen-bond donors (Lipinski definition) is 1. The van der Waals surface area contributed by atoms with Crippen LogP contribution in [0.25, 0.3) is 6.08 Å². The van der Waals surface area contributed by atoms with Crippen molar-refractivity contribution < 1.29 is 9.53 Å². The minimum Gasteiger partial charge on any atom is -0.497 e. The van der Waals surface area contributed by atoms with Gasteiger partial charge in [0.15, 0.2) is 5.17 Å². The normalized spacial score (nSPS) is 17.6. The standard InChI is InChI=1S/C17H13ClN2O2S/c1-22-14-7-2-4-11(8-14)9-15-16(21)20-17(23-15)19-13-6-3-5-12(18)10-13/h2-10H,1H3,(H,19,20,21)/b15-9+. The van der Waals surface area contributed by atoms with Crippen molar-refractivity contribution in [3.63, 3.8) is 0 Å². The number of hydrogen-bond acceptors (Lipinski definition) is 4. The Kier molecular flexibility index (Phi) is 4.69. The van der Waals surface area contributed by atoms with E-state index >= 15 is 0 Å². The van der Waals surface area contributed by atoms with Crippen LogP contribution in [-0.4, -0.2) is 18.2 Å². The monoisotopic (exact) mass is 344 g/mol. The molecule has 1 amide bonds. The zero-order valence-corrected chi connectivity index (χ0v) is 13.8. The minimum absolute atomic E-state index is 0.168. The lowest BCUT2D eigenvalue weighted by atomic mass is 10.2. The van der Waals surface area contributed by atoms with E-state index in [1.807, 2.05) is 42.5 Å². The highest BCUT2D eigenvalue weighted by Crippen LogP contribution is 2.29. The minimum atomic E-state index is -0.168. The molecule has 1 aliphatic rings. The van der Waals surface area contributed by atoms with Gasteiger partial charge in [-0.05, 0) is 53.7 Å². The van der Waals surface area contributed by atoms with Gasteiger partial charge in [0, 0.05) is 5.02 Å². The third kappa shape index (κ3) is 3.94. The second-order valence-electron chi connectivity index (χ2n) is 4.74. The number of carbonyl (C=O) groups excluding carboxylic acids is 1. The Labute approximate surface area is 143 Å². The predicted octanol–water partition coefficient (Wildman–Crippen LogP) is 4.24. The van der Waals surface area contributed by atoms with Gasteiger partial charge in [-0.15, -0.1) is 0 Å². The van der Waals surface area contributed by atoms with E-state index < -0.39 is 0 Å². The first kappa shape index (κ1) is 15.6. The van der Waals surface area contributed by atoms with Crippen LogP contribution in [0.2, 0.25) is 5.02 Å². The Bertz CT molecular complexity index is 818. The lowest BCUT2D eigenvalue weighted by molar-refractivity contribution is -0.115. The average molecular weight is 345 g/mol. The number of benzene rings is 2. The molecular weight excluding hydrogens is 332 g/mol. The van der Waals surface area contributed by atoms with Crippen molar-refractivity contribution in [1.82, 2.24) is 5.32 Å². The highest BCUT2D eigenvalue weighted by Gasteiger charge is 2.23. The molecule has 0 aliphatic carbocycles. The van der Waals surface area contributed by atoms with Crippen molar-refractivity contribution in [2.45, 2.75) is 0 Å². The fraction of sp³-hybridized carbons (Fsp3) is 0.0588. The fourth-order valence-electron chi connectivity index (χ4n) is 2.03. The van der Waals surface area contributed by atoms with Crippen LogP contribution < -0.4 is 10.1 Å². The molecule has 1 heterocycles. The number of ether oxygens (including phenoxy) is 1. The number of nitrogens with one attached hydrogen (secondary N) is 1. The number of amides is 1. The Hall–Kier alpha value is -2.24. The quantitative estimate of drug-likeness (QED) is 0.847. The number of amidine groups is 1. The van der Waals surface area contributed by atoms with E-state index in [2.05, 4.69) is 10.3 Å². The summed E-state index contributed by atoms with van der Waals surface area (Å²) in [6.45, 7) is 0. The van der Waals surface area contributed by atoms with E-state index in [4.69, 9.17) is 16.3 Å². The van der Waals surface area contributed by atoms with Crippen LogP contribution in [0, 0.1) is 0 Å². The maximum Gasteiger partial charge on any atom is 0.264 e. The molecule has 0 bridgehead atoms. The van der Waals surface area contributed by atoms with Crippen LogP contribution in [0.5, 0.6) is 5.75 Å². The molecule has 1 saturated heterocycles. The molecule has 1 fully saturated rings. The average Bonchev–Trinajstić information content (AvgIpc) is 2.87. The Morgan fingerprint density at radius 1 is 1.22 bits per heavy atom. The molecule has 23 heavy (non-hydrogen) atoms. The summed E-state index contributed by atoms with van der Waals surface area (Å²) in [6.07, 6.45) is 1.81. The molecular formula is C17H13ClN2O2S. The topological polar surface area (TPSA) is 50.7 Å². The van der Waals surface area contributed by atoms with Gasteiger partial charge >= 0.3 is 0 Å². The molecule has 0 spiro atoms. The summed E-state index contributed by atoms with van der Waals surface area (Å²) in [7, 11) is 1.61. The van der Waals surface area contributed by atoms with E-state index in [9.17, 15) is 4.79 Å². The van der Waals surface area contributed by atoms with Crippen molar-refractivity contribution in [2.75, 3.05) is 7.11 Å². The van der Waals surface area contributed by atoms with Crippen molar-refractivity contribution in [3.05, 3.63) is 64.0 Å². The van der Waals surface area contributed by atoms with E-state index in [1.54, 1.807) is 19.2 Å². The van der Waals surface area contributed by atoms with Crippen LogP contribution in [0.1, 0.15) is 5.56 Å². The van der Waals surface area contributed by atoms with Gasteiger partial charge in [0.05, 0.1) is 17.7 Å². The molecule has 6 heteroatoms. The molecule has 4 nitrogen and oxygen atoms in total. The van der Waals surface area contributed by atoms with Crippen LogP contribution >= 0.6 is 23.4 Å². The van der Waals surface area contributed by atoms with Gasteiger partial charge in [-0.1, -0.05) is 29.8 Å². The molecule has 2 aromatic rings. The first-order valence-corrected chi connectivity index (χ1v) is 8.03. The first-order valence-electron chi connectivity index (χ1n) is 6.83. The summed E-state index contributed by atoms with van der Waals surface area (Å²) in [4.78, 5) is 17.0. The molecule has 3 rings (SSSR count). The van der Waals surface area contributed by atoms with Gasteiger partial charge in [0.2, 0.25) is 0 Å². The summed E-state index contributed by atoms with van der Waals surface area (Å²) >= 11 is 7.23. The third-order valence-electron chi connectivity index (χ3n) is 3.08. The molecule has 0 aromatic heterocycles. The number of nitrogens with zero attached hydrogens (tertiary/aromatic N) is 1. The van der Waals surface area contributed by atoms with Gasteiger partial charge in [0.1, 0.15) is 5.75 Å². The molecule has 0 radical (unpaired) electrons. The predicted molar refractivity (Wildman–Crippen MR) is 95.3 cm³/mol. The Balaban J connectivity index is 1.83. The number of methoxy groups -OCH3 is 1. The second-order valence-corrected chi connectivity index (χ2v) is 6.21. The molecule has 1 N–H and O–H groups in total. The summed E-state index contributed by atoms with van der Waals surface area (Å²) in [5.41, 5.74) is 1.59. The van der Waals surface area contributed by atoms with Gasteiger partial charge in [-0.25, -0.2) is 4.99 Å². The van der Waals surface area contributed by atoms with E-state index in [0.717, 1.165) is 11.3 Å². The highest BCUT2D eigenvalue weighted by atomic mass is 35.5. The molecule has 1 aliphatic heterocycles. The molecule has 0 unspecified atom stereocenters. The van der Waals surface area contributed by atoms with Crippen LogP contribution in [0.15, 0.2) is 58.4 Å². The smallest absolute Gasteiger partial charge is 0.264 e. The zero-order chi connectivity index (χ0) is 16.2. The summed E-state index contributed by atoms with van der Waals surface area (Å²) in [6, 6.07) is 14.7. The summed E-state index contributed by atoms with van der Waals surface area (Å²) in [5.74, 6) is 0.578. The van der Waals surface area contributed by atoms with Gasteiger partial charge in [-0.2, -0.15) is 0 Å². The van der Waals surface area contributed by atoms with E-state index in [1.165, 1.54) is 11.8 Å². The lowest BCUT2D eigenvalue weighted by Gasteiger charge is -2.00. The number of rotatable bonds is 3. The van der Waals surface area contributed by atoms with Crippen LogP contribution in [0.4, 0.5) is 5.69 Å². The van der Waals surface area contributed by atoms with Gasteiger partial charge < -0.3 is 10.1 Å². The highest BCUT2D eigenvalue weighted by molar-refractivity contribution is 8.18. The summed E-state index contributed by atoms with van der Waals surface area (Å²) in [5, 5.41) is 3.89. The SMILES string of the molecule is COc1cccc(/C=C2/SC(=Nc3cccc(Cl)c3)NC2=O)c1. The van der Waals surface area contributed by atoms with E-state index in [0.29, 0.717) is 20.8 Å². The van der Waals surface area contributed by atoms with Crippen LogP contribution in [0.3, 0.4) is 0 Å². The van der Waals surface area contributed by atoms with Crippen molar-refractivity contribution >= 4 is 46.2 Å². The van der Waals surface area contributed by atoms with Gasteiger partial charge in [-0.3, -0.25) is 4.79 Å². The van der Waals surface area contributed by atoms with Crippen molar-refractivity contribution in [2.24, 2.45) is 4.99 Å². The largest absolute Gasteiger partial charge is 0.497 e. The molecule has 0 atom stereocenters. The Morgan fingerprint density at radius 3 is 2.83 bits per heavy atom. The first-order chi connectivity index (χ1) is 11.1. The number of thioether (sulfide) groups is 1.